The predicted molar refractivity (Wildman–Crippen MR) is 67.1 cm³/mol. The molecular weight excluding hydrogens is 283 g/mol. The van der Waals surface area contributed by atoms with Gasteiger partial charge in [0, 0.05) is 0 Å². The molecule has 0 fully saturated rings. The van der Waals surface area contributed by atoms with Crippen LogP contribution < -0.4 is 0 Å². The molecule has 0 nitrogen and oxygen atoms in total. The van der Waals surface area contributed by atoms with Crippen LogP contribution in [0.25, 0.3) is 0 Å². The summed E-state index contributed by atoms with van der Waals surface area (Å²) in [4.78, 5) is -1.84. The first-order chi connectivity index (χ1) is 8.54. The molecule has 0 aliphatic rings. The minimum absolute atomic E-state index is 0.183. The second-order valence-electron chi connectivity index (χ2n) is 4.28. The standard InChI is InChI=1S/C13H11F5S/c14-19(15,16,17,18)13-8-4-7-12(10-13)9-11-5-2-1-3-6-11/h1-8,10H,9H2. The molecule has 0 amide bonds. The summed E-state index contributed by atoms with van der Waals surface area (Å²) in [6, 6.07) is 12.1. The van der Waals surface area contributed by atoms with E-state index in [1.807, 2.05) is 0 Å². The Kier molecular flexibility index (Phi) is 2.72. The van der Waals surface area contributed by atoms with E-state index in [2.05, 4.69) is 0 Å². The van der Waals surface area contributed by atoms with Gasteiger partial charge in [-0.3, -0.25) is 0 Å². The highest BCUT2D eigenvalue weighted by Gasteiger charge is 2.65. The number of benzene rings is 2. The van der Waals surface area contributed by atoms with Gasteiger partial charge in [-0.15, -0.1) is 0 Å². The van der Waals surface area contributed by atoms with Crippen molar-refractivity contribution >= 4 is 10.2 Å². The van der Waals surface area contributed by atoms with E-state index in [1.165, 1.54) is 6.07 Å². The van der Waals surface area contributed by atoms with Crippen molar-refractivity contribution in [3.8, 4) is 0 Å². The summed E-state index contributed by atoms with van der Waals surface area (Å²) in [6.07, 6.45) is 0.183. The van der Waals surface area contributed by atoms with Gasteiger partial charge in [-0.05, 0) is 29.7 Å². The Morgan fingerprint density at radius 1 is 0.684 bits per heavy atom. The van der Waals surface area contributed by atoms with Crippen LogP contribution in [-0.2, 0) is 6.42 Å². The largest absolute Gasteiger partial charge is 0.310 e. The topological polar surface area (TPSA) is 0 Å². The molecule has 0 heterocycles. The lowest BCUT2D eigenvalue weighted by atomic mass is 10.1. The summed E-state index contributed by atoms with van der Waals surface area (Å²) in [5, 5.41) is 0. The maximum atomic E-state index is 12.7. The average molecular weight is 294 g/mol. The maximum Gasteiger partial charge on any atom is 0.310 e. The lowest BCUT2D eigenvalue weighted by Gasteiger charge is -2.40. The molecule has 0 radical (unpaired) electrons. The first-order valence-electron chi connectivity index (χ1n) is 5.41. The van der Waals surface area contributed by atoms with Crippen LogP contribution in [0.4, 0.5) is 19.4 Å². The van der Waals surface area contributed by atoms with Gasteiger partial charge < -0.3 is 0 Å². The first-order valence-corrected chi connectivity index (χ1v) is 7.37. The minimum Gasteiger partial charge on any atom is -0.0936 e. The number of hydrogen-bond donors (Lipinski definition) is 0. The number of rotatable bonds is 3. The van der Waals surface area contributed by atoms with Gasteiger partial charge in [0.05, 0.1) is 0 Å². The molecule has 19 heavy (non-hydrogen) atoms. The third-order valence-electron chi connectivity index (χ3n) is 2.59. The highest BCUT2D eigenvalue weighted by Crippen LogP contribution is 3.02. The number of hydrogen-bond acceptors (Lipinski definition) is 0. The van der Waals surface area contributed by atoms with E-state index < -0.39 is 15.1 Å². The molecular formula is C13H11F5S. The molecule has 104 valence electrons. The zero-order valence-corrected chi connectivity index (χ0v) is 10.5. The van der Waals surface area contributed by atoms with Gasteiger partial charge in [0.2, 0.25) is 0 Å². The molecule has 2 aromatic carbocycles. The van der Waals surface area contributed by atoms with Crippen LogP contribution in [0.5, 0.6) is 0 Å². The molecule has 0 aliphatic carbocycles. The van der Waals surface area contributed by atoms with Crippen molar-refractivity contribution in [1.82, 2.24) is 0 Å². The van der Waals surface area contributed by atoms with E-state index in [-0.39, 0.29) is 12.0 Å². The molecule has 0 aliphatic heterocycles. The van der Waals surface area contributed by atoms with E-state index in [0.717, 1.165) is 11.6 Å². The average Bonchev–Trinajstić information content (AvgIpc) is 2.28. The van der Waals surface area contributed by atoms with Crippen molar-refractivity contribution in [1.29, 1.82) is 0 Å². The van der Waals surface area contributed by atoms with Crippen molar-refractivity contribution < 1.29 is 19.4 Å². The van der Waals surface area contributed by atoms with Gasteiger partial charge in [-0.2, -0.15) is 0 Å². The first kappa shape index (κ1) is 13.9. The lowest BCUT2D eigenvalue weighted by molar-refractivity contribution is 0.364. The highest BCUT2D eigenvalue weighted by atomic mass is 32.5. The van der Waals surface area contributed by atoms with Gasteiger partial charge in [0.25, 0.3) is 0 Å². The Bertz CT molecular complexity index is 589. The molecule has 0 saturated heterocycles. The third-order valence-corrected chi connectivity index (χ3v) is 3.74. The molecule has 0 bridgehead atoms. The normalized spacial score (nSPS) is 15.6. The highest BCUT2D eigenvalue weighted by molar-refractivity contribution is 8.45. The zero-order valence-electron chi connectivity index (χ0n) is 9.70. The van der Waals surface area contributed by atoms with Crippen LogP contribution in [-0.4, -0.2) is 0 Å². The molecule has 0 unspecified atom stereocenters. The van der Waals surface area contributed by atoms with E-state index >= 15 is 0 Å². The van der Waals surface area contributed by atoms with Gasteiger partial charge >= 0.3 is 10.2 Å². The molecule has 2 rings (SSSR count). The van der Waals surface area contributed by atoms with Crippen LogP contribution >= 0.6 is 10.2 Å². The molecule has 0 atom stereocenters. The third kappa shape index (κ3) is 3.70. The summed E-state index contributed by atoms with van der Waals surface area (Å²) in [5.41, 5.74) is 0.971. The summed E-state index contributed by atoms with van der Waals surface area (Å²) < 4.78 is 63.3. The van der Waals surface area contributed by atoms with Crippen molar-refractivity contribution in [2.45, 2.75) is 11.3 Å². The van der Waals surface area contributed by atoms with Gasteiger partial charge in [-0.1, -0.05) is 61.9 Å². The second kappa shape index (κ2) is 3.72. The second-order valence-corrected chi connectivity index (χ2v) is 6.69. The monoisotopic (exact) mass is 294 g/mol. The van der Waals surface area contributed by atoms with E-state index in [1.54, 1.807) is 30.3 Å². The number of halogens is 5. The van der Waals surface area contributed by atoms with Crippen molar-refractivity contribution in [3.05, 3.63) is 65.7 Å². The lowest BCUT2D eigenvalue weighted by Crippen LogP contribution is -2.06. The van der Waals surface area contributed by atoms with E-state index in [9.17, 15) is 19.4 Å². The fourth-order valence-electron chi connectivity index (χ4n) is 1.73. The van der Waals surface area contributed by atoms with Crippen LogP contribution in [0.2, 0.25) is 0 Å². The maximum absolute atomic E-state index is 12.7. The van der Waals surface area contributed by atoms with Crippen LogP contribution in [0.1, 0.15) is 11.1 Å². The van der Waals surface area contributed by atoms with Crippen LogP contribution in [0.15, 0.2) is 59.5 Å². The van der Waals surface area contributed by atoms with Gasteiger partial charge in [0.15, 0.2) is 0 Å². The van der Waals surface area contributed by atoms with E-state index in [4.69, 9.17) is 0 Å². The van der Waals surface area contributed by atoms with E-state index in [0.29, 0.717) is 12.1 Å². The SMILES string of the molecule is FS(F)(F)(F)(F)c1cccc(Cc2ccccc2)c1. The summed E-state index contributed by atoms with van der Waals surface area (Å²) in [6.45, 7) is 0. The molecule has 2 aromatic rings. The summed E-state index contributed by atoms with van der Waals surface area (Å²) in [5.74, 6) is 0. The van der Waals surface area contributed by atoms with Gasteiger partial charge in [-0.25, -0.2) is 0 Å². The zero-order chi connectivity index (χ0) is 14.2. The minimum atomic E-state index is -9.59. The Balaban J connectivity index is 2.37. The Hall–Kier alpha value is -1.56. The molecule has 6 heteroatoms. The molecule has 0 aromatic heterocycles. The quantitative estimate of drug-likeness (QED) is 0.615. The molecule has 0 spiro atoms. The summed E-state index contributed by atoms with van der Waals surface area (Å²) in [7, 11) is -9.59. The van der Waals surface area contributed by atoms with Gasteiger partial charge in [0.1, 0.15) is 4.90 Å². The predicted octanol–water partition coefficient (Wildman–Crippen LogP) is 5.93. The Morgan fingerprint density at radius 2 is 1.26 bits per heavy atom. The molecule has 0 saturated carbocycles. The van der Waals surface area contributed by atoms with Crippen molar-refractivity contribution in [3.63, 3.8) is 0 Å². The Labute approximate surface area is 107 Å². The molecule has 0 N–H and O–H groups in total. The fraction of sp³-hybridized carbons (Fsp3) is 0.0769. The van der Waals surface area contributed by atoms with Crippen LogP contribution in [0, 0.1) is 0 Å². The Morgan fingerprint density at radius 3 is 1.84 bits per heavy atom. The van der Waals surface area contributed by atoms with Crippen molar-refractivity contribution in [2.24, 2.45) is 0 Å². The fourth-order valence-corrected chi connectivity index (χ4v) is 2.44. The van der Waals surface area contributed by atoms with Crippen molar-refractivity contribution in [2.75, 3.05) is 0 Å². The smallest absolute Gasteiger partial charge is 0.0936 e. The van der Waals surface area contributed by atoms with Crippen LogP contribution in [0.3, 0.4) is 0 Å². The summed E-state index contributed by atoms with van der Waals surface area (Å²) >= 11 is 0.